The van der Waals surface area contributed by atoms with E-state index in [-0.39, 0.29) is 12.3 Å². The lowest BCUT2D eigenvalue weighted by Crippen LogP contribution is -2.35. The molecule has 2 N–H and O–H groups in total. The van der Waals surface area contributed by atoms with Crippen LogP contribution in [-0.2, 0) is 9.59 Å². The smallest absolute Gasteiger partial charge is 0.329 e. The molecule has 1 aromatic rings. The number of carboxylic acids is 1. The van der Waals surface area contributed by atoms with E-state index in [0.29, 0.717) is 16.2 Å². The summed E-state index contributed by atoms with van der Waals surface area (Å²) in [5, 5.41) is 11.0. The molecule has 0 spiro atoms. The Morgan fingerprint density at radius 1 is 1.36 bits per heavy atom. The van der Waals surface area contributed by atoms with Crippen molar-refractivity contribution in [3.63, 3.8) is 0 Å². The molecule has 3 amide bonds. The van der Waals surface area contributed by atoms with Gasteiger partial charge in [-0.15, -0.1) is 6.42 Å². The first-order valence-corrected chi connectivity index (χ1v) is 6.24. The molecule has 7 heteroatoms. The average molecular weight is 300 g/mol. The normalized spacial score (nSPS) is 15.6. The van der Waals surface area contributed by atoms with Crippen molar-refractivity contribution in [2.24, 2.45) is 0 Å². The molecule has 22 heavy (non-hydrogen) atoms. The van der Waals surface area contributed by atoms with Crippen LogP contribution in [0.4, 0.5) is 4.79 Å². The molecule has 1 aliphatic heterocycles. The quantitative estimate of drug-likeness (QED) is 0.473. The fraction of sp³-hybridized carbons (Fsp3) is 0.133. The van der Waals surface area contributed by atoms with Crippen molar-refractivity contribution < 1.29 is 24.2 Å². The van der Waals surface area contributed by atoms with E-state index in [1.54, 1.807) is 24.3 Å². The highest BCUT2D eigenvalue weighted by atomic mass is 16.5. The zero-order valence-electron chi connectivity index (χ0n) is 11.4. The molecule has 1 fully saturated rings. The summed E-state index contributed by atoms with van der Waals surface area (Å²) in [6.45, 7) is -0.528. The van der Waals surface area contributed by atoms with Gasteiger partial charge in [0.25, 0.3) is 5.91 Å². The highest BCUT2D eigenvalue weighted by Gasteiger charge is 2.34. The molecular formula is C15H12N2O5. The minimum absolute atomic E-state index is 0.0172. The van der Waals surface area contributed by atoms with Gasteiger partial charge >= 0.3 is 12.0 Å². The molecule has 0 radical (unpaired) electrons. The largest absolute Gasteiger partial charge is 0.481 e. The molecule has 0 unspecified atom stereocenters. The van der Waals surface area contributed by atoms with Crippen molar-refractivity contribution in [3.05, 3.63) is 35.5 Å². The Bertz CT molecular complexity index is 685. The molecular weight excluding hydrogens is 288 g/mol. The second-order valence-corrected chi connectivity index (χ2v) is 4.34. The van der Waals surface area contributed by atoms with Crippen molar-refractivity contribution >= 4 is 24.0 Å². The van der Waals surface area contributed by atoms with Gasteiger partial charge in [-0.05, 0) is 23.8 Å². The number of hydrogen-bond donors (Lipinski definition) is 2. The van der Waals surface area contributed by atoms with E-state index in [1.807, 2.05) is 0 Å². The number of benzene rings is 1. The summed E-state index contributed by atoms with van der Waals surface area (Å²) in [6.07, 6.45) is 6.53. The zero-order chi connectivity index (χ0) is 16.1. The number of hydrogen-bond acceptors (Lipinski definition) is 4. The number of rotatable bonds is 5. The lowest BCUT2D eigenvalue weighted by molar-refractivity contribution is -0.140. The van der Waals surface area contributed by atoms with Gasteiger partial charge in [0, 0.05) is 0 Å². The summed E-state index contributed by atoms with van der Waals surface area (Å²) < 4.78 is 5.21. The van der Waals surface area contributed by atoms with Crippen LogP contribution < -0.4 is 10.1 Å². The minimum atomic E-state index is -1.26. The van der Waals surface area contributed by atoms with Gasteiger partial charge in [-0.25, -0.2) is 9.69 Å². The first-order valence-electron chi connectivity index (χ1n) is 6.24. The maximum atomic E-state index is 11.9. The van der Waals surface area contributed by atoms with Crippen LogP contribution in [0.3, 0.4) is 0 Å². The van der Waals surface area contributed by atoms with Crippen molar-refractivity contribution in [1.29, 1.82) is 0 Å². The van der Waals surface area contributed by atoms with Gasteiger partial charge in [-0.1, -0.05) is 18.1 Å². The van der Waals surface area contributed by atoms with Crippen LogP contribution in [0.1, 0.15) is 5.56 Å². The highest BCUT2D eigenvalue weighted by Crippen LogP contribution is 2.17. The van der Waals surface area contributed by atoms with E-state index in [0.717, 1.165) is 0 Å². The van der Waals surface area contributed by atoms with Crippen LogP contribution in [0.2, 0.25) is 0 Å². The molecule has 2 rings (SSSR count). The molecule has 0 aliphatic carbocycles. The molecule has 1 saturated heterocycles. The third-order valence-electron chi connectivity index (χ3n) is 2.77. The van der Waals surface area contributed by atoms with E-state index in [4.69, 9.17) is 16.3 Å². The lowest BCUT2D eigenvalue weighted by atomic mass is 10.2. The SMILES string of the molecule is C#CCOc1ccc(/C=C2/NC(=O)N(CC(=O)O)C2=O)cc1. The molecule has 1 aromatic carbocycles. The first kappa shape index (κ1) is 15.1. The first-order chi connectivity index (χ1) is 10.5. The fourth-order valence-electron chi connectivity index (χ4n) is 1.80. The van der Waals surface area contributed by atoms with Crippen molar-refractivity contribution in [3.8, 4) is 18.1 Å². The average Bonchev–Trinajstić information content (AvgIpc) is 2.74. The van der Waals surface area contributed by atoms with Crippen LogP contribution in [-0.4, -0.2) is 41.1 Å². The summed E-state index contributed by atoms with van der Waals surface area (Å²) in [5.41, 5.74) is 0.664. The van der Waals surface area contributed by atoms with Crippen LogP contribution >= 0.6 is 0 Å². The summed E-state index contributed by atoms with van der Waals surface area (Å²) in [4.78, 5) is 34.7. The van der Waals surface area contributed by atoms with Crippen molar-refractivity contribution in [2.45, 2.75) is 0 Å². The molecule has 1 aliphatic rings. The number of carbonyl (C=O) groups excluding carboxylic acids is 2. The van der Waals surface area contributed by atoms with Gasteiger partial charge in [-0.3, -0.25) is 9.59 Å². The van der Waals surface area contributed by atoms with Crippen molar-refractivity contribution in [2.75, 3.05) is 13.2 Å². The Morgan fingerprint density at radius 2 is 2.05 bits per heavy atom. The Hall–Kier alpha value is -3.27. The molecule has 1 heterocycles. The minimum Gasteiger partial charge on any atom is -0.481 e. The number of ether oxygens (including phenoxy) is 1. The second kappa shape index (κ2) is 6.45. The number of amides is 3. The molecule has 7 nitrogen and oxygen atoms in total. The van der Waals surface area contributed by atoms with Crippen LogP contribution in [0.15, 0.2) is 30.0 Å². The predicted molar refractivity (Wildman–Crippen MR) is 76.6 cm³/mol. The fourth-order valence-corrected chi connectivity index (χ4v) is 1.80. The van der Waals surface area contributed by atoms with E-state index < -0.39 is 24.5 Å². The second-order valence-electron chi connectivity index (χ2n) is 4.34. The zero-order valence-corrected chi connectivity index (χ0v) is 11.4. The Kier molecular flexibility index (Phi) is 4.44. The van der Waals surface area contributed by atoms with Gasteiger partial charge in [0.05, 0.1) is 0 Å². The maximum absolute atomic E-state index is 11.9. The van der Waals surface area contributed by atoms with Crippen LogP contribution in [0.25, 0.3) is 6.08 Å². The molecule has 0 atom stereocenters. The summed E-state index contributed by atoms with van der Waals surface area (Å²) in [7, 11) is 0. The van der Waals surface area contributed by atoms with Gasteiger partial charge in [-0.2, -0.15) is 0 Å². The van der Waals surface area contributed by atoms with Gasteiger partial charge in [0.2, 0.25) is 0 Å². The number of imide groups is 1. The number of nitrogens with zero attached hydrogens (tertiary/aromatic N) is 1. The topological polar surface area (TPSA) is 95.9 Å². The van der Waals surface area contributed by atoms with Crippen molar-refractivity contribution in [1.82, 2.24) is 10.2 Å². The standard InChI is InChI=1S/C15H12N2O5/c1-2-7-22-11-5-3-10(4-6-11)8-12-14(20)17(9-13(18)19)15(21)16-12/h1,3-6,8H,7,9H2,(H,16,21)(H,18,19)/b12-8+. The predicted octanol–water partition coefficient (Wildman–Crippen LogP) is 0.676. The van der Waals surface area contributed by atoms with Gasteiger partial charge < -0.3 is 15.2 Å². The van der Waals surface area contributed by atoms with Crippen LogP contribution in [0, 0.1) is 12.3 Å². The molecule has 0 aromatic heterocycles. The number of urea groups is 1. The van der Waals surface area contributed by atoms with Gasteiger partial charge in [0.15, 0.2) is 0 Å². The monoisotopic (exact) mass is 300 g/mol. The number of aliphatic carboxylic acids is 1. The van der Waals surface area contributed by atoms with E-state index >= 15 is 0 Å². The van der Waals surface area contributed by atoms with Crippen LogP contribution in [0.5, 0.6) is 5.75 Å². The number of carboxylic acid groups (broad SMARTS) is 1. The molecule has 0 saturated carbocycles. The van der Waals surface area contributed by atoms with E-state index in [1.165, 1.54) is 6.08 Å². The Labute approximate surface area is 126 Å². The summed E-state index contributed by atoms with van der Waals surface area (Å²) >= 11 is 0. The molecule has 112 valence electrons. The third kappa shape index (κ3) is 3.43. The Morgan fingerprint density at radius 3 is 2.64 bits per heavy atom. The molecule has 0 bridgehead atoms. The number of nitrogens with one attached hydrogen (secondary N) is 1. The maximum Gasteiger partial charge on any atom is 0.329 e. The Balaban J connectivity index is 2.13. The third-order valence-corrected chi connectivity index (χ3v) is 2.77. The lowest BCUT2D eigenvalue weighted by Gasteiger charge is -2.06. The van der Waals surface area contributed by atoms with Gasteiger partial charge in [0.1, 0.15) is 24.6 Å². The number of carbonyl (C=O) groups is 3. The van der Waals surface area contributed by atoms with E-state index in [2.05, 4.69) is 11.2 Å². The summed E-state index contributed by atoms with van der Waals surface area (Å²) in [5.74, 6) is 0.974. The highest BCUT2D eigenvalue weighted by molar-refractivity contribution is 6.15. The van der Waals surface area contributed by atoms with E-state index in [9.17, 15) is 14.4 Å². The summed E-state index contributed by atoms with van der Waals surface area (Å²) in [6, 6.07) is 5.93. The number of terminal acetylenes is 1.